The molecule has 6 nitrogen and oxygen atoms in total. The number of sulfone groups is 1. The molecule has 3 aromatic carbocycles. The number of methoxy groups -OCH3 is 1. The lowest BCUT2D eigenvalue weighted by Crippen LogP contribution is -2.14. The Bertz CT molecular complexity index is 1380. The van der Waals surface area contributed by atoms with Crippen LogP contribution in [-0.2, 0) is 14.6 Å². The van der Waals surface area contributed by atoms with E-state index in [2.05, 4.69) is 23.3 Å². The number of thiazole rings is 1. The third-order valence-corrected chi connectivity index (χ3v) is 8.08. The van der Waals surface area contributed by atoms with E-state index in [-0.39, 0.29) is 29.4 Å². The predicted octanol–water partition coefficient (Wildman–Crippen LogP) is 5.47. The molecule has 8 heteroatoms. The number of nitrogens with zero attached hydrogens (tertiary/aromatic N) is 1. The Morgan fingerprint density at radius 3 is 2.45 bits per heavy atom. The fourth-order valence-corrected chi connectivity index (χ4v) is 5.78. The first-order valence-electron chi connectivity index (χ1n) is 10.5. The molecule has 0 fully saturated rings. The highest BCUT2D eigenvalue weighted by Crippen LogP contribution is 2.31. The summed E-state index contributed by atoms with van der Waals surface area (Å²) in [5.74, 6) is 0.281. The molecular weight excluding hydrogens is 456 g/mol. The van der Waals surface area contributed by atoms with Gasteiger partial charge in [0.15, 0.2) is 9.84 Å². The van der Waals surface area contributed by atoms with Crippen molar-refractivity contribution < 1.29 is 17.9 Å². The highest BCUT2D eigenvalue weighted by molar-refractivity contribution is 7.91. The van der Waals surface area contributed by atoms with Crippen LogP contribution in [0.25, 0.3) is 20.8 Å². The number of aryl methyl sites for hydroxylation is 1. The van der Waals surface area contributed by atoms with Crippen LogP contribution in [0.2, 0.25) is 0 Å². The predicted molar refractivity (Wildman–Crippen MR) is 133 cm³/mol. The molecule has 4 aromatic rings. The minimum atomic E-state index is -3.45. The van der Waals surface area contributed by atoms with Crippen LogP contribution in [0.15, 0.2) is 71.6 Å². The van der Waals surface area contributed by atoms with Gasteiger partial charge in [0.25, 0.3) is 0 Å². The second-order valence-electron chi connectivity index (χ2n) is 7.71. The standard InChI is InChI=1S/C25H24N2O4S2/c1-17-5-14-22-23(16-17)32-25(27-22)18-6-8-19(9-7-18)26-24(28)4-3-15-33(29,30)21-12-10-20(31-2)11-13-21/h5-14,16H,3-4,15H2,1-2H3,(H,26,28). The average Bonchev–Trinajstić information content (AvgIpc) is 3.22. The number of hydrogen-bond acceptors (Lipinski definition) is 6. The first-order valence-corrected chi connectivity index (χ1v) is 13.0. The minimum absolute atomic E-state index is 0.0945. The summed E-state index contributed by atoms with van der Waals surface area (Å²) in [5, 5.41) is 3.76. The van der Waals surface area contributed by atoms with Gasteiger partial charge in [-0.3, -0.25) is 4.79 Å². The molecule has 0 radical (unpaired) electrons. The van der Waals surface area contributed by atoms with Crippen LogP contribution in [0.4, 0.5) is 5.69 Å². The number of ether oxygens (including phenoxy) is 1. The van der Waals surface area contributed by atoms with Crippen LogP contribution >= 0.6 is 11.3 Å². The van der Waals surface area contributed by atoms with Gasteiger partial charge in [-0.2, -0.15) is 0 Å². The molecule has 33 heavy (non-hydrogen) atoms. The third kappa shape index (κ3) is 5.58. The van der Waals surface area contributed by atoms with Crippen molar-refractivity contribution >= 4 is 43.0 Å². The summed E-state index contributed by atoms with van der Waals surface area (Å²) in [7, 11) is -1.92. The quantitative estimate of drug-likeness (QED) is 0.361. The molecule has 0 spiro atoms. The van der Waals surface area contributed by atoms with Crippen LogP contribution in [-0.4, -0.2) is 32.2 Å². The van der Waals surface area contributed by atoms with Crippen molar-refractivity contribution in [1.29, 1.82) is 0 Å². The second kappa shape index (κ2) is 9.72. The number of aromatic nitrogens is 1. The fraction of sp³-hybridized carbons (Fsp3) is 0.200. The van der Waals surface area contributed by atoms with E-state index in [0.29, 0.717) is 11.4 Å². The van der Waals surface area contributed by atoms with Gasteiger partial charge in [0.2, 0.25) is 5.91 Å². The number of amides is 1. The van der Waals surface area contributed by atoms with E-state index >= 15 is 0 Å². The van der Waals surface area contributed by atoms with E-state index in [1.54, 1.807) is 23.5 Å². The number of rotatable bonds is 8. The van der Waals surface area contributed by atoms with E-state index in [4.69, 9.17) is 4.74 Å². The normalized spacial score (nSPS) is 11.5. The lowest BCUT2D eigenvalue weighted by molar-refractivity contribution is -0.116. The van der Waals surface area contributed by atoms with Crippen molar-refractivity contribution in [3.63, 3.8) is 0 Å². The number of anilines is 1. The van der Waals surface area contributed by atoms with Crippen LogP contribution in [0, 0.1) is 6.92 Å². The summed E-state index contributed by atoms with van der Waals surface area (Å²) in [6.45, 7) is 2.06. The molecule has 170 valence electrons. The summed E-state index contributed by atoms with van der Waals surface area (Å²) >= 11 is 1.64. The first kappa shape index (κ1) is 22.9. The maximum atomic E-state index is 12.4. The van der Waals surface area contributed by atoms with E-state index in [1.165, 1.54) is 24.8 Å². The molecule has 0 unspecified atom stereocenters. The average molecular weight is 481 g/mol. The summed E-state index contributed by atoms with van der Waals surface area (Å²) in [6, 6.07) is 20.0. The van der Waals surface area contributed by atoms with E-state index in [1.807, 2.05) is 36.4 Å². The number of carbonyl (C=O) groups is 1. The van der Waals surface area contributed by atoms with Gasteiger partial charge in [-0.25, -0.2) is 13.4 Å². The molecule has 0 aliphatic heterocycles. The smallest absolute Gasteiger partial charge is 0.224 e. The Kier molecular flexibility index (Phi) is 6.76. The second-order valence-corrected chi connectivity index (χ2v) is 10.9. The fourth-order valence-electron chi connectivity index (χ4n) is 3.40. The van der Waals surface area contributed by atoms with Crippen molar-refractivity contribution in [1.82, 2.24) is 4.98 Å². The molecule has 4 rings (SSSR count). The molecule has 1 aromatic heterocycles. The first-order chi connectivity index (χ1) is 15.8. The van der Waals surface area contributed by atoms with Gasteiger partial charge in [-0.1, -0.05) is 6.07 Å². The minimum Gasteiger partial charge on any atom is -0.497 e. The largest absolute Gasteiger partial charge is 0.497 e. The molecule has 1 amide bonds. The molecule has 1 N–H and O–H groups in total. The zero-order chi connectivity index (χ0) is 23.4. The Labute approximate surface area is 197 Å². The third-order valence-electron chi connectivity index (χ3n) is 5.20. The molecule has 0 atom stereocenters. The molecule has 0 bridgehead atoms. The Morgan fingerprint density at radius 1 is 1.03 bits per heavy atom. The lowest BCUT2D eigenvalue weighted by Gasteiger charge is -2.07. The monoisotopic (exact) mass is 480 g/mol. The molecule has 0 saturated carbocycles. The van der Waals surface area contributed by atoms with Crippen LogP contribution < -0.4 is 10.1 Å². The van der Waals surface area contributed by atoms with Gasteiger partial charge in [0, 0.05) is 17.7 Å². The Hall–Kier alpha value is -3.23. The summed E-state index contributed by atoms with van der Waals surface area (Å²) < 4.78 is 31.1. The van der Waals surface area contributed by atoms with Crippen LogP contribution in [0.3, 0.4) is 0 Å². The molecule has 0 aliphatic carbocycles. The highest BCUT2D eigenvalue weighted by Gasteiger charge is 2.15. The van der Waals surface area contributed by atoms with Gasteiger partial charge in [0.05, 0.1) is 28.0 Å². The Morgan fingerprint density at radius 2 is 1.76 bits per heavy atom. The van der Waals surface area contributed by atoms with E-state index < -0.39 is 9.84 Å². The van der Waals surface area contributed by atoms with E-state index in [9.17, 15) is 13.2 Å². The van der Waals surface area contributed by atoms with Gasteiger partial charge >= 0.3 is 0 Å². The zero-order valence-corrected chi connectivity index (χ0v) is 20.0. The Balaban J connectivity index is 1.32. The van der Waals surface area contributed by atoms with Crippen LogP contribution in [0.5, 0.6) is 5.75 Å². The van der Waals surface area contributed by atoms with Crippen molar-refractivity contribution in [2.24, 2.45) is 0 Å². The lowest BCUT2D eigenvalue weighted by atomic mass is 10.2. The zero-order valence-electron chi connectivity index (χ0n) is 18.4. The number of benzene rings is 3. The summed E-state index contributed by atoms with van der Waals surface area (Å²) in [5.41, 5.74) is 3.83. The maximum absolute atomic E-state index is 12.4. The number of fused-ring (bicyclic) bond motifs is 1. The van der Waals surface area contributed by atoms with Crippen molar-refractivity contribution in [2.45, 2.75) is 24.7 Å². The number of hydrogen-bond donors (Lipinski definition) is 1. The highest BCUT2D eigenvalue weighted by atomic mass is 32.2. The van der Waals surface area contributed by atoms with Crippen LogP contribution in [0.1, 0.15) is 18.4 Å². The van der Waals surface area contributed by atoms with Gasteiger partial charge in [-0.05, 0) is 79.6 Å². The van der Waals surface area contributed by atoms with Crippen molar-refractivity contribution in [3.8, 4) is 16.3 Å². The molecule has 1 heterocycles. The van der Waals surface area contributed by atoms with Gasteiger partial charge in [-0.15, -0.1) is 11.3 Å². The van der Waals surface area contributed by atoms with Gasteiger partial charge < -0.3 is 10.1 Å². The van der Waals surface area contributed by atoms with Gasteiger partial charge in [0.1, 0.15) is 10.8 Å². The number of nitrogens with one attached hydrogen (secondary N) is 1. The number of carbonyl (C=O) groups excluding carboxylic acids is 1. The molecule has 0 aliphatic rings. The maximum Gasteiger partial charge on any atom is 0.224 e. The topological polar surface area (TPSA) is 85.4 Å². The molecule has 0 saturated heterocycles. The SMILES string of the molecule is COc1ccc(S(=O)(=O)CCCC(=O)Nc2ccc(-c3nc4ccc(C)cc4s3)cc2)cc1. The summed E-state index contributed by atoms with van der Waals surface area (Å²) in [4.78, 5) is 17.2. The molecular formula is C25H24N2O4S2. The summed E-state index contributed by atoms with van der Waals surface area (Å²) in [6.07, 6.45) is 0.359. The van der Waals surface area contributed by atoms with E-state index in [0.717, 1.165) is 20.8 Å². The van der Waals surface area contributed by atoms with Crippen molar-refractivity contribution in [2.75, 3.05) is 18.2 Å². The van der Waals surface area contributed by atoms with Crippen molar-refractivity contribution in [3.05, 3.63) is 72.3 Å².